The number of hydrogen-bond acceptors (Lipinski definition) is 2. The van der Waals surface area contributed by atoms with Gasteiger partial charge < -0.3 is 4.74 Å². The van der Waals surface area contributed by atoms with Crippen LogP contribution in [0.4, 0.5) is 0 Å². The second-order valence-corrected chi connectivity index (χ2v) is 5.95. The summed E-state index contributed by atoms with van der Waals surface area (Å²) in [5, 5.41) is 1.17. The number of hydrogen-bond donors (Lipinski definition) is 0. The first kappa shape index (κ1) is 18.6. The highest BCUT2D eigenvalue weighted by Crippen LogP contribution is 2.16. The van der Waals surface area contributed by atoms with Crippen molar-refractivity contribution in [1.82, 2.24) is 0 Å². The van der Waals surface area contributed by atoms with Crippen molar-refractivity contribution < 1.29 is 9.53 Å². The molecule has 3 heteroatoms. The Bertz CT molecular complexity index is 501. The predicted molar refractivity (Wildman–Crippen MR) is 98.3 cm³/mol. The lowest BCUT2D eigenvalue weighted by Crippen LogP contribution is -1.99. The van der Waals surface area contributed by atoms with Gasteiger partial charge in [-0.2, -0.15) is 0 Å². The van der Waals surface area contributed by atoms with Crippen molar-refractivity contribution in [1.29, 1.82) is 0 Å². The van der Waals surface area contributed by atoms with E-state index in [-0.39, 0.29) is 5.97 Å². The number of esters is 1. The van der Waals surface area contributed by atoms with E-state index in [1.54, 1.807) is 0 Å². The summed E-state index contributed by atoms with van der Waals surface area (Å²) in [6, 6.07) is 8.32. The Hall–Kier alpha value is -1.40. The molecule has 22 heavy (non-hydrogen) atoms. The third-order valence-corrected chi connectivity index (χ3v) is 3.71. The number of carbonyl (C=O) groups is 1. The fourth-order valence-corrected chi connectivity index (χ4v) is 2.32. The molecule has 0 heterocycles. The molecule has 120 valence electrons. The Balaban J connectivity index is 2.75. The summed E-state index contributed by atoms with van der Waals surface area (Å²) in [5.74, 6) is -0.276. The monoisotopic (exact) mass is 318 g/mol. The second-order valence-electron chi connectivity index (χ2n) is 5.28. The summed E-state index contributed by atoms with van der Waals surface area (Å²) >= 11 is 0. The molecule has 0 fully saturated rings. The van der Waals surface area contributed by atoms with E-state index in [1.165, 1.54) is 36.2 Å². The van der Waals surface area contributed by atoms with Crippen molar-refractivity contribution in [3.63, 3.8) is 0 Å². The van der Waals surface area contributed by atoms with E-state index in [4.69, 9.17) is 4.74 Å². The molecule has 1 rings (SSSR count). The molecule has 0 amide bonds. The van der Waals surface area contributed by atoms with Gasteiger partial charge in [0.05, 0.1) is 6.61 Å². The number of ether oxygens (including phenoxy) is 1. The van der Waals surface area contributed by atoms with E-state index in [0.29, 0.717) is 6.61 Å². The number of unbranched alkanes of at least 4 members (excludes halogenated alkanes) is 3. The Labute approximate surface area is 136 Å². The van der Waals surface area contributed by atoms with Crippen LogP contribution in [0, 0.1) is 0 Å². The highest BCUT2D eigenvalue weighted by Gasteiger charge is 1.99. The van der Waals surface area contributed by atoms with Gasteiger partial charge in [-0.25, -0.2) is 4.79 Å². The summed E-state index contributed by atoms with van der Waals surface area (Å²) in [6.07, 6.45) is 11.4. The molecular formula is C19H27O2P. The summed E-state index contributed by atoms with van der Waals surface area (Å²) in [4.78, 5) is 11.5. The minimum atomic E-state index is -0.276. The van der Waals surface area contributed by atoms with Gasteiger partial charge >= 0.3 is 5.97 Å². The van der Waals surface area contributed by atoms with Crippen molar-refractivity contribution in [3.8, 4) is 0 Å². The van der Waals surface area contributed by atoms with Gasteiger partial charge in [0.25, 0.3) is 0 Å². The van der Waals surface area contributed by atoms with Crippen molar-refractivity contribution in [2.75, 3.05) is 6.61 Å². The molecule has 0 radical (unpaired) electrons. The normalized spacial score (nSPS) is 11.9. The topological polar surface area (TPSA) is 26.3 Å². The zero-order chi connectivity index (χ0) is 16.2. The summed E-state index contributed by atoms with van der Waals surface area (Å²) in [5.41, 5.74) is 2.32. The summed E-state index contributed by atoms with van der Waals surface area (Å²) in [6.45, 7) is 4.44. The first-order valence-corrected chi connectivity index (χ1v) is 8.64. The molecule has 1 aromatic carbocycles. The van der Waals surface area contributed by atoms with E-state index in [2.05, 4.69) is 46.5 Å². The van der Waals surface area contributed by atoms with E-state index >= 15 is 0 Å². The molecule has 1 aromatic rings. The fourth-order valence-electron chi connectivity index (χ4n) is 2.13. The third-order valence-electron chi connectivity index (χ3n) is 3.33. The lowest BCUT2D eigenvalue weighted by Gasteiger charge is -2.04. The molecule has 0 bridgehead atoms. The average Bonchev–Trinajstić information content (AvgIpc) is 2.51. The molecule has 0 aliphatic rings. The number of rotatable bonds is 9. The van der Waals surface area contributed by atoms with E-state index in [9.17, 15) is 4.79 Å². The summed E-state index contributed by atoms with van der Waals surface area (Å²) < 4.78 is 4.95. The van der Waals surface area contributed by atoms with Gasteiger partial charge in [0.15, 0.2) is 0 Å². The maximum Gasteiger partial charge on any atom is 0.330 e. The Morgan fingerprint density at radius 2 is 1.82 bits per heavy atom. The van der Waals surface area contributed by atoms with Gasteiger partial charge in [-0.15, -0.1) is 9.24 Å². The largest absolute Gasteiger partial charge is 0.463 e. The molecule has 0 saturated heterocycles. The molecule has 1 atom stereocenters. The van der Waals surface area contributed by atoms with Gasteiger partial charge in [0.2, 0.25) is 0 Å². The highest BCUT2D eigenvalue weighted by atomic mass is 31.0. The summed E-state index contributed by atoms with van der Waals surface area (Å²) in [7, 11) is 2.69. The zero-order valence-electron chi connectivity index (χ0n) is 13.7. The SMILES string of the molecule is CCCCCCC(/C=C/C(=O)OCC)=C\c1ccc(P)cc1. The van der Waals surface area contributed by atoms with E-state index in [0.717, 1.165) is 18.4 Å². The number of benzene rings is 1. The van der Waals surface area contributed by atoms with Crippen LogP contribution in [0.25, 0.3) is 6.08 Å². The van der Waals surface area contributed by atoms with Crippen LogP contribution in [0.5, 0.6) is 0 Å². The lowest BCUT2D eigenvalue weighted by molar-refractivity contribution is -0.137. The van der Waals surface area contributed by atoms with Crippen LogP contribution in [0.3, 0.4) is 0 Å². The standard InChI is InChI=1S/C19H27O2P/c1-3-5-6-7-8-16(11-14-19(20)21-4-2)15-17-9-12-18(22)13-10-17/h9-15H,3-8,22H2,1-2H3/b14-11+,16-15+. The Morgan fingerprint density at radius 1 is 1.09 bits per heavy atom. The van der Waals surface area contributed by atoms with Crippen LogP contribution < -0.4 is 5.30 Å². The quantitative estimate of drug-likeness (QED) is 0.218. The van der Waals surface area contributed by atoms with Crippen molar-refractivity contribution >= 4 is 26.6 Å². The van der Waals surface area contributed by atoms with Gasteiger partial charge in [0.1, 0.15) is 0 Å². The number of carbonyl (C=O) groups excluding carboxylic acids is 1. The molecule has 0 aliphatic heterocycles. The fraction of sp³-hybridized carbons (Fsp3) is 0.421. The van der Waals surface area contributed by atoms with Crippen molar-refractivity contribution in [2.24, 2.45) is 0 Å². The van der Waals surface area contributed by atoms with E-state index < -0.39 is 0 Å². The van der Waals surface area contributed by atoms with Crippen molar-refractivity contribution in [3.05, 3.63) is 47.6 Å². The lowest BCUT2D eigenvalue weighted by atomic mass is 10.0. The molecule has 0 saturated carbocycles. The maximum absolute atomic E-state index is 11.5. The molecular weight excluding hydrogens is 291 g/mol. The molecule has 0 N–H and O–H groups in total. The maximum atomic E-state index is 11.5. The van der Waals surface area contributed by atoms with Crippen LogP contribution in [0.15, 0.2) is 42.0 Å². The van der Waals surface area contributed by atoms with Crippen LogP contribution in [-0.2, 0) is 9.53 Å². The first-order valence-electron chi connectivity index (χ1n) is 8.06. The van der Waals surface area contributed by atoms with Gasteiger partial charge in [-0.3, -0.25) is 0 Å². The van der Waals surface area contributed by atoms with Crippen LogP contribution in [-0.4, -0.2) is 12.6 Å². The van der Waals surface area contributed by atoms with Crippen LogP contribution in [0.1, 0.15) is 51.5 Å². The van der Waals surface area contributed by atoms with Crippen molar-refractivity contribution in [2.45, 2.75) is 46.0 Å². The predicted octanol–water partition coefficient (Wildman–Crippen LogP) is 4.66. The van der Waals surface area contributed by atoms with Crippen LogP contribution >= 0.6 is 9.24 Å². The highest BCUT2D eigenvalue weighted by molar-refractivity contribution is 7.27. The average molecular weight is 318 g/mol. The molecule has 2 nitrogen and oxygen atoms in total. The van der Waals surface area contributed by atoms with E-state index in [1.807, 2.05) is 13.0 Å². The molecule has 1 unspecified atom stereocenters. The van der Waals surface area contributed by atoms with Gasteiger partial charge in [0, 0.05) is 6.08 Å². The van der Waals surface area contributed by atoms with Gasteiger partial charge in [-0.1, -0.05) is 62.6 Å². The smallest absolute Gasteiger partial charge is 0.330 e. The third kappa shape index (κ3) is 8.14. The number of allylic oxidation sites excluding steroid dienone is 2. The molecule has 0 aliphatic carbocycles. The Kier molecular flexibility index (Phi) is 9.50. The second kappa shape index (κ2) is 11.2. The first-order chi connectivity index (χ1) is 10.7. The van der Waals surface area contributed by atoms with Crippen LogP contribution in [0.2, 0.25) is 0 Å². The minimum absolute atomic E-state index is 0.276. The zero-order valence-corrected chi connectivity index (χ0v) is 14.8. The molecule has 0 spiro atoms. The Morgan fingerprint density at radius 3 is 2.45 bits per heavy atom. The minimum Gasteiger partial charge on any atom is -0.463 e. The van der Waals surface area contributed by atoms with Gasteiger partial charge in [-0.05, 0) is 36.2 Å². The molecule has 0 aromatic heterocycles.